The Labute approximate surface area is 187 Å². The van der Waals surface area contributed by atoms with Crippen LogP contribution >= 0.6 is 0 Å². The zero-order valence-corrected chi connectivity index (χ0v) is 18.4. The molecule has 1 N–H and O–H groups in total. The molecule has 6 nitrogen and oxygen atoms in total. The minimum atomic E-state index is -0.139. The number of hydrogen-bond donors (Lipinski definition) is 1. The second kappa shape index (κ2) is 8.34. The molecular formula is C26H28N4O2. The van der Waals surface area contributed by atoms with Crippen LogP contribution in [0.2, 0.25) is 0 Å². The van der Waals surface area contributed by atoms with Crippen LogP contribution in [0.3, 0.4) is 0 Å². The van der Waals surface area contributed by atoms with Crippen molar-refractivity contribution in [1.82, 2.24) is 15.2 Å². The molecule has 6 heteroatoms. The predicted octanol–water partition coefficient (Wildman–Crippen LogP) is 3.76. The number of nitrogens with zero attached hydrogens (tertiary/aromatic N) is 3. The number of nitrogens with one attached hydrogen (secondary N) is 1. The molecule has 2 aliphatic rings. The molecule has 1 saturated carbocycles. The van der Waals surface area contributed by atoms with Gasteiger partial charge in [0.15, 0.2) is 0 Å². The minimum Gasteiger partial charge on any atom is -0.306 e. The summed E-state index contributed by atoms with van der Waals surface area (Å²) in [6.07, 6.45) is 8.55. The highest BCUT2D eigenvalue weighted by Gasteiger charge is 2.46. The summed E-state index contributed by atoms with van der Waals surface area (Å²) in [5, 5.41) is 7.08. The van der Waals surface area contributed by atoms with Gasteiger partial charge in [-0.05, 0) is 80.8 Å². The normalized spacial score (nSPS) is 16.3. The summed E-state index contributed by atoms with van der Waals surface area (Å²) in [5.74, 6) is 0.0698. The number of amides is 1. The maximum absolute atomic E-state index is 13.3. The first-order chi connectivity index (χ1) is 15.5. The smallest absolute Gasteiger partial charge is 0.267 e. The fraction of sp³-hybridized carbons (Fsp3) is 0.385. The third kappa shape index (κ3) is 4.09. The van der Waals surface area contributed by atoms with E-state index in [-0.39, 0.29) is 23.4 Å². The lowest BCUT2D eigenvalue weighted by molar-refractivity contribution is -0.118. The van der Waals surface area contributed by atoms with E-state index in [2.05, 4.69) is 34.2 Å². The zero-order chi connectivity index (χ0) is 22.1. The van der Waals surface area contributed by atoms with E-state index < -0.39 is 0 Å². The summed E-state index contributed by atoms with van der Waals surface area (Å²) in [7, 11) is 0. The molecule has 2 aromatic heterocycles. The average molecular weight is 429 g/mol. The zero-order valence-electron chi connectivity index (χ0n) is 18.4. The van der Waals surface area contributed by atoms with E-state index >= 15 is 0 Å². The van der Waals surface area contributed by atoms with Crippen LogP contribution in [0.5, 0.6) is 0 Å². The summed E-state index contributed by atoms with van der Waals surface area (Å²) in [6.45, 7) is 2.15. The van der Waals surface area contributed by atoms with Crippen LogP contribution in [0.4, 0.5) is 5.69 Å². The molecule has 0 unspecified atom stereocenters. The summed E-state index contributed by atoms with van der Waals surface area (Å²) in [5.41, 5.74) is 5.56. The molecule has 0 atom stereocenters. The number of hydrogen-bond acceptors (Lipinski definition) is 4. The summed E-state index contributed by atoms with van der Waals surface area (Å²) in [4.78, 5) is 31.8. The Balaban J connectivity index is 1.43. The van der Waals surface area contributed by atoms with Gasteiger partial charge in [-0.2, -0.15) is 5.10 Å². The van der Waals surface area contributed by atoms with Gasteiger partial charge in [0.1, 0.15) is 0 Å². The number of carbonyl (C=O) groups is 1. The Kier molecular flexibility index (Phi) is 5.37. The van der Waals surface area contributed by atoms with Gasteiger partial charge in [-0.1, -0.05) is 18.2 Å². The van der Waals surface area contributed by atoms with Crippen molar-refractivity contribution in [2.75, 3.05) is 4.90 Å². The Hall–Kier alpha value is -3.28. The lowest BCUT2D eigenvalue weighted by atomic mass is 9.90. The third-order valence-electron chi connectivity index (χ3n) is 6.74. The number of H-pyrrole nitrogens is 1. The molecule has 5 rings (SSSR count). The van der Waals surface area contributed by atoms with Crippen molar-refractivity contribution in [2.24, 2.45) is 0 Å². The van der Waals surface area contributed by atoms with E-state index in [9.17, 15) is 9.59 Å². The third-order valence-corrected chi connectivity index (χ3v) is 6.74. The number of aromatic nitrogens is 3. The maximum Gasteiger partial charge on any atom is 0.267 e. The van der Waals surface area contributed by atoms with E-state index in [1.165, 1.54) is 0 Å². The van der Waals surface area contributed by atoms with Crippen LogP contribution in [0.25, 0.3) is 0 Å². The Morgan fingerprint density at radius 2 is 1.91 bits per heavy atom. The highest BCUT2D eigenvalue weighted by Crippen LogP contribution is 2.44. The monoisotopic (exact) mass is 428 g/mol. The van der Waals surface area contributed by atoms with Gasteiger partial charge in [-0.25, -0.2) is 5.10 Å². The number of fused-ring (bicyclic) bond motifs is 1. The fourth-order valence-corrected chi connectivity index (χ4v) is 4.77. The van der Waals surface area contributed by atoms with Gasteiger partial charge in [0.05, 0.1) is 12.1 Å². The molecule has 1 amide bonds. The lowest BCUT2D eigenvalue weighted by Crippen LogP contribution is -2.41. The van der Waals surface area contributed by atoms with Crippen LogP contribution in [0.1, 0.15) is 60.7 Å². The fourth-order valence-electron chi connectivity index (χ4n) is 4.77. The number of pyridine rings is 1. The topological polar surface area (TPSA) is 79.0 Å². The summed E-state index contributed by atoms with van der Waals surface area (Å²) in [6, 6.07) is 13.9. The Morgan fingerprint density at radius 3 is 2.66 bits per heavy atom. The molecule has 2 heterocycles. The van der Waals surface area contributed by atoms with Crippen molar-refractivity contribution in [3.05, 3.63) is 87.1 Å². The molecular weight excluding hydrogens is 400 g/mol. The molecule has 0 radical (unpaired) electrons. The number of carbonyl (C=O) groups excluding carboxylic acids is 1. The highest BCUT2D eigenvalue weighted by atomic mass is 16.2. The SMILES string of the molecule is CC1(N(C(=O)Cc2ccccn2)c2cccc(Cc3n[nH]c(=O)c4c3CCCC4)c2)CC1. The van der Waals surface area contributed by atoms with Gasteiger partial charge in [0.25, 0.3) is 5.56 Å². The molecule has 0 aliphatic heterocycles. The largest absolute Gasteiger partial charge is 0.306 e. The van der Waals surface area contributed by atoms with Crippen LogP contribution in [-0.4, -0.2) is 26.6 Å². The average Bonchev–Trinajstić information content (AvgIpc) is 3.54. The second-order valence-electron chi connectivity index (χ2n) is 9.23. The van der Waals surface area contributed by atoms with Gasteiger partial charge in [0.2, 0.25) is 5.91 Å². The van der Waals surface area contributed by atoms with Crippen molar-refractivity contribution in [3.8, 4) is 0 Å². The van der Waals surface area contributed by atoms with Crippen molar-refractivity contribution >= 4 is 11.6 Å². The summed E-state index contributed by atoms with van der Waals surface area (Å²) >= 11 is 0. The first kappa shape index (κ1) is 20.6. The molecule has 0 spiro atoms. The molecule has 32 heavy (non-hydrogen) atoms. The minimum absolute atomic E-state index is 0.0508. The van der Waals surface area contributed by atoms with Crippen molar-refractivity contribution in [1.29, 1.82) is 0 Å². The number of rotatable bonds is 6. The molecule has 0 saturated heterocycles. The summed E-state index contributed by atoms with van der Waals surface area (Å²) < 4.78 is 0. The first-order valence-electron chi connectivity index (χ1n) is 11.4. The highest BCUT2D eigenvalue weighted by molar-refractivity contribution is 5.96. The molecule has 1 fully saturated rings. The molecule has 1 aromatic carbocycles. The van der Waals surface area contributed by atoms with Crippen LogP contribution < -0.4 is 10.5 Å². The van der Waals surface area contributed by atoms with E-state index in [4.69, 9.17) is 0 Å². The number of benzene rings is 1. The predicted molar refractivity (Wildman–Crippen MR) is 124 cm³/mol. The first-order valence-corrected chi connectivity index (χ1v) is 11.4. The molecule has 3 aromatic rings. The molecule has 164 valence electrons. The van der Waals surface area contributed by atoms with Crippen molar-refractivity contribution < 1.29 is 4.79 Å². The number of anilines is 1. The van der Waals surface area contributed by atoms with Gasteiger partial charge >= 0.3 is 0 Å². The standard InChI is InChI=1S/C26H28N4O2/c1-26(12-13-26)30(24(31)17-19-8-4-5-14-27-19)20-9-6-7-18(15-20)16-23-21-10-2-3-11-22(21)25(32)29-28-23/h4-9,14-15H,2-3,10-13,16-17H2,1H3,(H,29,32). The molecule has 0 bridgehead atoms. The van der Waals surface area contributed by atoms with Crippen LogP contribution in [0, 0.1) is 0 Å². The van der Waals surface area contributed by atoms with Gasteiger partial charge in [0, 0.05) is 35.1 Å². The van der Waals surface area contributed by atoms with Crippen LogP contribution in [-0.2, 0) is 30.5 Å². The van der Waals surface area contributed by atoms with Gasteiger partial charge in [-0.15, -0.1) is 0 Å². The van der Waals surface area contributed by atoms with E-state index in [0.717, 1.165) is 72.3 Å². The molecule has 2 aliphatic carbocycles. The van der Waals surface area contributed by atoms with E-state index in [1.54, 1.807) is 6.20 Å². The van der Waals surface area contributed by atoms with Crippen molar-refractivity contribution in [3.63, 3.8) is 0 Å². The second-order valence-corrected chi connectivity index (χ2v) is 9.23. The maximum atomic E-state index is 13.3. The quantitative estimate of drug-likeness (QED) is 0.648. The Bertz CT molecular complexity index is 1200. The van der Waals surface area contributed by atoms with Crippen molar-refractivity contribution in [2.45, 2.75) is 63.8 Å². The van der Waals surface area contributed by atoms with E-state index in [1.807, 2.05) is 35.2 Å². The Morgan fingerprint density at radius 1 is 1.09 bits per heavy atom. The number of aromatic amines is 1. The van der Waals surface area contributed by atoms with Gasteiger partial charge < -0.3 is 4.90 Å². The van der Waals surface area contributed by atoms with Crippen LogP contribution in [0.15, 0.2) is 53.5 Å². The van der Waals surface area contributed by atoms with Gasteiger partial charge in [-0.3, -0.25) is 14.6 Å². The van der Waals surface area contributed by atoms with E-state index in [0.29, 0.717) is 6.42 Å². The lowest BCUT2D eigenvalue weighted by Gasteiger charge is -2.30.